The number of aliphatic imine (C=N–C) groups is 1. The van der Waals surface area contributed by atoms with E-state index in [1.807, 2.05) is 18.2 Å². The molecule has 10 heteroatoms. The minimum Gasteiger partial charge on any atom is -0.379 e. The van der Waals surface area contributed by atoms with Crippen molar-refractivity contribution < 1.29 is 18.7 Å². The van der Waals surface area contributed by atoms with Crippen LogP contribution in [0.3, 0.4) is 0 Å². The molecule has 2 saturated heterocycles. The van der Waals surface area contributed by atoms with Gasteiger partial charge in [0, 0.05) is 37.1 Å². The number of morpholine rings is 1. The number of hydrogen-bond acceptors (Lipinski definition) is 6. The molecule has 0 bridgehead atoms. The summed E-state index contributed by atoms with van der Waals surface area (Å²) in [6, 6.07) is 13.2. The summed E-state index contributed by atoms with van der Waals surface area (Å²) in [5, 5.41) is 2.83. The van der Waals surface area contributed by atoms with Crippen molar-refractivity contribution in [1.82, 2.24) is 9.80 Å². The van der Waals surface area contributed by atoms with Gasteiger partial charge in [-0.1, -0.05) is 23.9 Å². The molecular weight excluding hydrogens is 523 g/mol. The molecule has 2 aromatic rings. The number of benzene rings is 2. The van der Waals surface area contributed by atoms with Crippen LogP contribution in [0.15, 0.2) is 58.0 Å². The molecule has 0 aromatic heterocycles. The third-order valence-corrected chi connectivity index (χ3v) is 7.42. The van der Waals surface area contributed by atoms with E-state index in [0.717, 1.165) is 43.7 Å². The quantitative estimate of drug-likeness (QED) is 0.533. The second-order valence-electron chi connectivity index (χ2n) is 8.01. The number of hydrogen-bond donors (Lipinski definition) is 1. The second kappa shape index (κ2) is 11.9. The molecule has 180 valence electrons. The van der Waals surface area contributed by atoms with Gasteiger partial charge in [-0.2, -0.15) is 0 Å². The number of rotatable bonds is 8. The van der Waals surface area contributed by atoms with Crippen molar-refractivity contribution in [3.05, 3.63) is 58.8 Å². The molecular formula is C24H26BrFN4O3S. The summed E-state index contributed by atoms with van der Waals surface area (Å²) in [5.74, 6) is -0.716. The Labute approximate surface area is 210 Å². The highest BCUT2D eigenvalue weighted by molar-refractivity contribution is 9.10. The lowest BCUT2D eigenvalue weighted by atomic mass is 10.2. The minimum absolute atomic E-state index is 0.0350. The lowest BCUT2D eigenvalue weighted by Gasteiger charge is -2.27. The maximum atomic E-state index is 13.3. The van der Waals surface area contributed by atoms with Gasteiger partial charge in [-0.15, -0.1) is 0 Å². The first-order chi connectivity index (χ1) is 16.5. The smallest absolute Gasteiger partial charge is 0.242 e. The highest BCUT2D eigenvalue weighted by Gasteiger charge is 2.39. The molecule has 2 aliphatic heterocycles. The predicted molar refractivity (Wildman–Crippen MR) is 136 cm³/mol. The van der Waals surface area contributed by atoms with Crippen molar-refractivity contribution in [2.24, 2.45) is 4.99 Å². The fourth-order valence-electron chi connectivity index (χ4n) is 3.77. The average Bonchev–Trinajstić information content (AvgIpc) is 3.11. The summed E-state index contributed by atoms with van der Waals surface area (Å²) >= 11 is 4.70. The summed E-state index contributed by atoms with van der Waals surface area (Å²) in [5.41, 5.74) is 1.22. The lowest BCUT2D eigenvalue weighted by Crippen LogP contribution is -2.39. The molecule has 2 aromatic carbocycles. The third-order valence-electron chi connectivity index (χ3n) is 5.55. The molecule has 2 aliphatic rings. The van der Waals surface area contributed by atoms with Gasteiger partial charge in [0.25, 0.3) is 0 Å². The van der Waals surface area contributed by atoms with E-state index in [2.05, 4.69) is 31.1 Å². The number of amides is 2. The molecule has 2 heterocycles. The van der Waals surface area contributed by atoms with E-state index in [0.29, 0.717) is 23.1 Å². The van der Waals surface area contributed by atoms with Gasteiger partial charge < -0.3 is 10.1 Å². The fraction of sp³-hybridized carbons (Fsp3) is 0.375. The Balaban J connectivity index is 1.44. The van der Waals surface area contributed by atoms with Gasteiger partial charge in [0.05, 0.1) is 24.6 Å². The number of carbonyl (C=O) groups excluding carboxylic acids is 2. The van der Waals surface area contributed by atoms with Crippen LogP contribution in [-0.2, 0) is 14.3 Å². The summed E-state index contributed by atoms with van der Waals surface area (Å²) in [4.78, 5) is 34.5. The van der Waals surface area contributed by atoms with Gasteiger partial charge in [0.2, 0.25) is 11.8 Å². The van der Waals surface area contributed by atoms with Crippen molar-refractivity contribution in [2.45, 2.75) is 18.1 Å². The van der Waals surface area contributed by atoms with E-state index in [9.17, 15) is 14.0 Å². The van der Waals surface area contributed by atoms with Crippen molar-refractivity contribution in [1.29, 1.82) is 0 Å². The van der Waals surface area contributed by atoms with E-state index >= 15 is 0 Å². The second-order valence-corrected chi connectivity index (χ2v) is 10.0. The SMILES string of the molecule is O=C(C[C@@H]1SC(=Nc2ccc(F)cc2)N(CCCN2CCOCC2)C1=O)Nc1ccccc1Br. The molecule has 0 saturated carbocycles. The number of nitrogens with zero attached hydrogens (tertiary/aromatic N) is 3. The highest BCUT2D eigenvalue weighted by atomic mass is 79.9. The van der Waals surface area contributed by atoms with Crippen LogP contribution < -0.4 is 5.32 Å². The average molecular weight is 549 g/mol. The first kappa shape index (κ1) is 24.8. The molecule has 0 aliphatic carbocycles. The summed E-state index contributed by atoms with van der Waals surface area (Å²) in [7, 11) is 0. The van der Waals surface area contributed by atoms with Crippen molar-refractivity contribution in [3.8, 4) is 0 Å². The Hall–Kier alpha value is -2.27. The van der Waals surface area contributed by atoms with Gasteiger partial charge in [-0.25, -0.2) is 9.38 Å². The zero-order valence-electron chi connectivity index (χ0n) is 18.6. The Kier molecular flexibility index (Phi) is 8.71. The first-order valence-corrected chi connectivity index (χ1v) is 12.8. The predicted octanol–water partition coefficient (Wildman–Crippen LogP) is 4.27. The van der Waals surface area contributed by atoms with Crippen LogP contribution in [-0.4, -0.2) is 71.4 Å². The van der Waals surface area contributed by atoms with Crippen LogP contribution in [0.1, 0.15) is 12.8 Å². The number of amidine groups is 1. The topological polar surface area (TPSA) is 74.2 Å². The third kappa shape index (κ3) is 6.65. The van der Waals surface area contributed by atoms with Crippen LogP contribution in [0.2, 0.25) is 0 Å². The number of nitrogens with one attached hydrogen (secondary N) is 1. The van der Waals surface area contributed by atoms with Crippen LogP contribution in [0.5, 0.6) is 0 Å². The molecule has 1 N–H and O–H groups in total. The Morgan fingerprint density at radius 1 is 1.15 bits per heavy atom. The lowest BCUT2D eigenvalue weighted by molar-refractivity contribution is -0.128. The maximum Gasteiger partial charge on any atom is 0.242 e. The molecule has 0 unspecified atom stereocenters. The summed E-state index contributed by atoms with van der Waals surface area (Å²) in [6.45, 7) is 4.59. The monoisotopic (exact) mass is 548 g/mol. The van der Waals surface area contributed by atoms with Gasteiger partial charge in [-0.05, 0) is 58.7 Å². The van der Waals surface area contributed by atoms with Gasteiger partial charge in [0.1, 0.15) is 11.1 Å². The number of carbonyl (C=O) groups is 2. The molecule has 7 nitrogen and oxygen atoms in total. The van der Waals surface area contributed by atoms with Crippen molar-refractivity contribution in [3.63, 3.8) is 0 Å². The zero-order chi connectivity index (χ0) is 23.9. The van der Waals surface area contributed by atoms with E-state index in [-0.39, 0.29) is 24.1 Å². The molecule has 2 fully saturated rings. The number of anilines is 1. The zero-order valence-corrected chi connectivity index (χ0v) is 21.0. The number of para-hydroxylation sites is 1. The van der Waals surface area contributed by atoms with Crippen LogP contribution in [0.25, 0.3) is 0 Å². The molecule has 1 atom stereocenters. The van der Waals surface area contributed by atoms with Gasteiger partial charge >= 0.3 is 0 Å². The summed E-state index contributed by atoms with van der Waals surface area (Å²) in [6.07, 6.45) is 0.817. The van der Waals surface area contributed by atoms with Crippen LogP contribution in [0.4, 0.5) is 15.8 Å². The number of thioether (sulfide) groups is 1. The number of ether oxygens (including phenoxy) is 1. The molecule has 0 radical (unpaired) electrons. The Morgan fingerprint density at radius 2 is 1.88 bits per heavy atom. The van der Waals surface area contributed by atoms with Gasteiger partial charge in [-0.3, -0.25) is 19.4 Å². The summed E-state index contributed by atoms with van der Waals surface area (Å²) < 4.78 is 19.5. The van der Waals surface area contributed by atoms with Crippen LogP contribution in [0, 0.1) is 5.82 Å². The van der Waals surface area contributed by atoms with E-state index in [1.54, 1.807) is 23.1 Å². The van der Waals surface area contributed by atoms with E-state index in [1.165, 1.54) is 23.9 Å². The van der Waals surface area contributed by atoms with Crippen LogP contribution >= 0.6 is 27.7 Å². The van der Waals surface area contributed by atoms with Crippen molar-refractivity contribution >= 4 is 56.0 Å². The normalized spacial score (nSPS) is 20.2. The van der Waals surface area contributed by atoms with E-state index < -0.39 is 5.25 Å². The number of halogens is 2. The Morgan fingerprint density at radius 3 is 2.62 bits per heavy atom. The molecule has 2 amide bonds. The highest BCUT2D eigenvalue weighted by Crippen LogP contribution is 2.32. The standard InChI is InChI=1S/C24H26BrFN4O3S/c25-19-4-1-2-5-20(19)28-22(31)16-21-23(32)30(11-3-10-29-12-14-33-15-13-29)24(34-21)27-18-8-6-17(26)7-9-18/h1-2,4-9,21H,3,10-16H2,(H,28,31)/t21-/m0/s1. The maximum absolute atomic E-state index is 13.3. The largest absolute Gasteiger partial charge is 0.379 e. The first-order valence-electron chi connectivity index (χ1n) is 11.2. The molecule has 0 spiro atoms. The van der Waals surface area contributed by atoms with Gasteiger partial charge in [0.15, 0.2) is 5.17 Å². The van der Waals surface area contributed by atoms with Crippen molar-refractivity contribution in [2.75, 3.05) is 44.7 Å². The Bertz CT molecular complexity index is 1050. The fourth-order valence-corrected chi connectivity index (χ4v) is 5.33. The molecule has 34 heavy (non-hydrogen) atoms. The minimum atomic E-state index is -0.565. The molecule has 4 rings (SSSR count). The van der Waals surface area contributed by atoms with E-state index in [4.69, 9.17) is 4.74 Å².